The van der Waals surface area contributed by atoms with Gasteiger partial charge in [0.15, 0.2) is 12.2 Å². The summed E-state index contributed by atoms with van der Waals surface area (Å²) in [5.41, 5.74) is 1.03. The third-order valence-electron chi connectivity index (χ3n) is 6.09. The molecular formula is C32H34O14. The summed E-state index contributed by atoms with van der Waals surface area (Å²) in [6.07, 6.45) is -4.45. The highest BCUT2D eigenvalue weighted by Gasteiger charge is 2.53. The summed E-state index contributed by atoms with van der Waals surface area (Å²) in [6, 6.07) is 12.8. The van der Waals surface area contributed by atoms with Gasteiger partial charge in [0, 0.05) is 46.3 Å². The van der Waals surface area contributed by atoms with E-state index in [-0.39, 0.29) is 12.4 Å². The van der Waals surface area contributed by atoms with Crippen molar-refractivity contribution < 1.29 is 66.7 Å². The maximum absolute atomic E-state index is 12.6. The average molecular weight is 643 g/mol. The predicted octanol–water partition coefficient (Wildman–Crippen LogP) is 2.83. The van der Waals surface area contributed by atoms with Gasteiger partial charge in [-0.3, -0.25) is 24.0 Å². The molecule has 1 aliphatic heterocycles. The number of hydrogen-bond donors (Lipinski definition) is 0. The van der Waals surface area contributed by atoms with Gasteiger partial charge < -0.3 is 37.9 Å². The molecule has 246 valence electrons. The largest absolute Gasteiger partial charge is 0.461 e. The molecule has 0 bridgehead atoms. The zero-order valence-corrected chi connectivity index (χ0v) is 25.8. The van der Waals surface area contributed by atoms with Crippen molar-refractivity contribution in [2.24, 2.45) is 0 Å². The van der Waals surface area contributed by atoms with Crippen LogP contribution < -0.4 is 9.47 Å². The molecule has 1 saturated heterocycles. The number of benzene rings is 2. The number of carbonyl (C=O) groups is 6. The second-order valence-corrected chi connectivity index (χ2v) is 9.90. The lowest BCUT2D eigenvalue weighted by molar-refractivity contribution is -0.288. The minimum absolute atomic E-state index is 0.153. The Morgan fingerprint density at radius 3 is 1.91 bits per heavy atom. The Labute approximate surface area is 264 Å². The molecule has 1 heterocycles. The summed E-state index contributed by atoms with van der Waals surface area (Å²) < 4.78 is 43.9. The van der Waals surface area contributed by atoms with Crippen LogP contribution in [0.3, 0.4) is 0 Å². The number of para-hydroxylation sites is 1. The zero-order chi connectivity index (χ0) is 33.8. The molecule has 5 atom stereocenters. The van der Waals surface area contributed by atoms with Crippen molar-refractivity contribution >= 4 is 41.9 Å². The van der Waals surface area contributed by atoms with Crippen molar-refractivity contribution in [3.8, 4) is 11.5 Å². The monoisotopic (exact) mass is 642 g/mol. The van der Waals surface area contributed by atoms with E-state index in [1.807, 2.05) is 0 Å². The van der Waals surface area contributed by atoms with Crippen LogP contribution in [-0.2, 0) is 63.8 Å². The van der Waals surface area contributed by atoms with Gasteiger partial charge >= 0.3 is 35.8 Å². The van der Waals surface area contributed by atoms with Crippen molar-refractivity contribution in [1.82, 2.24) is 0 Å². The smallest absolute Gasteiger partial charge is 0.330 e. The maximum atomic E-state index is 12.6. The second kappa shape index (κ2) is 16.7. The first-order valence-corrected chi connectivity index (χ1v) is 14.0. The molecule has 3 rings (SSSR count). The highest BCUT2D eigenvalue weighted by molar-refractivity contribution is 5.87. The van der Waals surface area contributed by atoms with Crippen LogP contribution in [0.25, 0.3) is 6.08 Å². The van der Waals surface area contributed by atoms with E-state index >= 15 is 0 Å². The minimum atomic E-state index is -1.48. The molecule has 0 unspecified atom stereocenters. The fourth-order valence-corrected chi connectivity index (χ4v) is 4.32. The van der Waals surface area contributed by atoms with E-state index in [4.69, 9.17) is 37.9 Å². The minimum Gasteiger partial charge on any atom is -0.461 e. The van der Waals surface area contributed by atoms with E-state index in [9.17, 15) is 28.8 Å². The normalized spacial score (nSPS) is 20.6. The van der Waals surface area contributed by atoms with Crippen LogP contribution in [0.4, 0.5) is 0 Å². The third kappa shape index (κ3) is 11.0. The Balaban J connectivity index is 1.87. The molecule has 1 aliphatic rings. The predicted molar refractivity (Wildman–Crippen MR) is 156 cm³/mol. The van der Waals surface area contributed by atoms with E-state index in [0.29, 0.717) is 16.9 Å². The Kier molecular flexibility index (Phi) is 12.8. The van der Waals surface area contributed by atoms with Crippen LogP contribution in [0.1, 0.15) is 45.7 Å². The Bertz CT molecular complexity index is 1450. The lowest BCUT2D eigenvalue weighted by Gasteiger charge is -2.44. The first-order valence-electron chi connectivity index (χ1n) is 14.0. The summed E-state index contributed by atoms with van der Waals surface area (Å²) in [5.74, 6) is -3.67. The number of rotatable bonds is 12. The van der Waals surface area contributed by atoms with Crippen molar-refractivity contribution in [2.45, 2.75) is 71.9 Å². The van der Waals surface area contributed by atoms with Gasteiger partial charge in [-0.25, -0.2) is 4.79 Å². The summed E-state index contributed by atoms with van der Waals surface area (Å²) in [4.78, 5) is 71.5. The number of ether oxygens (including phenoxy) is 8. The Morgan fingerprint density at radius 1 is 0.696 bits per heavy atom. The zero-order valence-electron chi connectivity index (χ0n) is 25.8. The second-order valence-electron chi connectivity index (χ2n) is 9.90. The molecule has 0 radical (unpaired) electrons. The van der Waals surface area contributed by atoms with E-state index in [1.54, 1.807) is 48.5 Å². The molecule has 14 heteroatoms. The standard InChI is InChI=1S/C32H34O14/c1-18(33)39-16-24-8-6-7-9-26(24)45-32-31(44-22(5)37)30(43-21(4)36)29(42-20(3)35)27(46-32)17-40-28(38)15-12-23-10-13-25(14-11-23)41-19(2)34/h6-15,27,29-32H,16-17H2,1-5H3/b15-12+/t27-,29-,30+,31-,32-/m1/s1. The van der Waals surface area contributed by atoms with Gasteiger partial charge in [-0.15, -0.1) is 0 Å². The molecule has 0 saturated carbocycles. The van der Waals surface area contributed by atoms with E-state index in [2.05, 4.69) is 0 Å². The van der Waals surface area contributed by atoms with Gasteiger partial charge in [-0.1, -0.05) is 30.3 Å². The Morgan fingerprint density at radius 2 is 1.30 bits per heavy atom. The fraction of sp³-hybridized carbons (Fsp3) is 0.375. The van der Waals surface area contributed by atoms with E-state index < -0.39 is 73.1 Å². The first-order chi connectivity index (χ1) is 21.8. The third-order valence-corrected chi connectivity index (χ3v) is 6.09. The van der Waals surface area contributed by atoms with Gasteiger partial charge in [0.2, 0.25) is 12.4 Å². The quantitative estimate of drug-likeness (QED) is 0.143. The lowest BCUT2D eigenvalue weighted by Crippen LogP contribution is -2.63. The van der Waals surface area contributed by atoms with Gasteiger partial charge in [0.25, 0.3) is 0 Å². The van der Waals surface area contributed by atoms with Gasteiger partial charge in [-0.2, -0.15) is 0 Å². The van der Waals surface area contributed by atoms with Gasteiger partial charge in [-0.05, 0) is 29.8 Å². The highest BCUT2D eigenvalue weighted by atomic mass is 16.7. The first kappa shape index (κ1) is 35.2. The van der Waals surface area contributed by atoms with Crippen LogP contribution in [0.15, 0.2) is 54.6 Å². The molecule has 2 aromatic rings. The van der Waals surface area contributed by atoms with Crippen molar-refractivity contribution in [3.05, 3.63) is 65.7 Å². The molecular weight excluding hydrogens is 608 g/mol. The lowest BCUT2D eigenvalue weighted by atomic mass is 9.98. The molecule has 46 heavy (non-hydrogen) atoms. The fourth-order valence-electron chi connectivity index (χ4n) is 4.32. The highest BCUT2D eigenvalue weighted by Crippen LogP contribution is 2.32. The van der Waals surface area contributed by atoms with E-state index in [0.717, 1.165) is 26.8 Å². The van der Waals surface area contributed by atoms with Crippen molar-refractivity contribution in [1.29, 1.82) is 0 Å². The maximum Gasteiger partial charge on any atom is 0.330 e. The van der Waals surface area contributed by atoms with Crippen molar-refractivity contribution in [3.63, 3.8) is 0 Å². The molecule has 0 aromatic heterocycles. The van der Waals surface area contributed by atoms with E-state index in [1.165, 1.54) is 19.9 Å². The average Bonchev–Trinajstić information content (AvgIpc) is 2.97. The van der Waals surface area contributed by atoms with Crippen LogP contribution in [0.5, 0.6) is 11.5 Å². The van der Waals surface area contributed by atoms with Crippen molar-refractivity contribution in [2.75, 3.05) is 6.61 Å². The summed E-state index contributed by atoms with van der Waals surface area (Å²) in [7, 11) is 0. The van der Waals surface area contributed by atoms with Crippen LogP contribution in [0.2, 0.25) is 0 Å². The molecule has 0 N–H and O–H groups in total. The van der Waals surface area contributed by atoms with Crippen LogP contribution in [0, 0.1) is 0 Å². The molecule has 0 aliphatic carbocycles. The molecule has 14 nitrogen and oxygen atoms in total. The van der Waals surface area contributed by atoms with Crippen LogP contribution in [-0.4, -0.2) is 73.1 Å². The summed E-state index contributed by atoms with van der Waals surface area (Å²) >= 11 is 0. The summed E-state index contributed by atoms with van der Waals surface area (Å²) in [6.45, 7) is 5.18. The number of carbonyl (C=O) groups excluding carboxylic acids is 6. The molecule has 2 aromatic carbocycles. The molecule has 0 amide bonds. The topological polar surface area (TPSA) is 176 Å². The van der Waals surface area contributed by atoms with Gasteiger partial charge in [0.1, 0.15) is 30.8 Å². The Hall–Kier alpha value is -5.24. The van der Waals surface area contributed by atoms with Gasteiger partial charge in [0.05, 0.1) is 0 Å². The molecule has 1 fully saturated rings. The molecule has 0 spiro atoms. The SMILES string of the molecule is CC(=O)OCc1ccccc1O[C@@H]1O[C@H](COC(=O)/C=C/c2ccc(OC(C)=O)cc2)[C@@H](OC(C)=O)[C@H](OC(C)=O)[C@H]1OC(C)=O. The number of esters is 6. The summed E-state index contributed by atoms with van der Waals surface area (Å²) in [5, 5.41) is 0. The van der Waals surface area contributed by atoms with Crippen LogP contribution >= 0.6 is 0 Å². The number of hydrogen-bond acceptors (Lipinski definition) is 14.